The molecule has 0 amide bonds. The number of oxime groups is 1. The van der Waals surface area contributed by atoms with Gasteiger partial charge in [0.2, 0.25) is 0 Å². The van der Waals surface area contributed by atoms with E-state index in [9.17, 15) is 0 Å². The summed E-state index contributed by atoms with van der Waals surface area (Å²) in [7, 11) is 0. The van der Waals surface area contributed by atoms with Crippen LogP contribution in [0.4, 0.5) is 0 Å². The zero-order chi connectivity index (χ0) is 8.81. The normalized spacial score (nSPS) is 10.5. The van der Waals surface area contributed by atoms with Gasteiger partial charge in [0.05, 0.1) is 0 Å². The van der Waals surface area contributed by atoms with Gasteiger partial charge in [0, 0.05) is 11.2 Å². The van der Waals surface area contributed by atoms with Crippen LogP contribution in [0.2, 0.25) is 5.02 Å². The van der Waals surface area contributed by atoms with Crippen molar-refractivity contribution in [2.75, 3.05) is 0 Å². The lowest BCUT2D eigenvalue weighted by atomic mass is 10.2. The largest absolute Gasteiger partial charge is 0.391 e. The van der Waals surface area contributed by atoms with Crippen molar-refractivity contribution in [2.24, 2.45) is 5.16 Å². The molecule has 0 unspecified atom stereocenters. The molecule has 2 nitrogen and oxygen atoms in total. The van der Waals surface area contributed by atoms with Gasteiger partial charge in [0.1, 0.15) is 6.61 Å². The van der Waals surface area contributed by atoms with E-state index in [-0.39, 0.29) is 0 Å². The fraction of sp³-hybridized carbons (Fsp3) is 0.222. The summed E-state index contributed by atoms with van der Waals surface area (Å²) in [4.78, 5) is 4.93. The maximum atomic E-state index is 5.76. The van der Waals surface area contributed by atoms with Crippen LogP contribution < -0.4 is 0 Å². The second kappa shape index (κ2) is 4.78. The lowest BCUT2D eigenvalue weighted by Crippen LogP contribution is -1.85. The van der Waals surface area contributed by atoms with Gasteiger partial charge < -0.3 is 4.84 Å². The summed E-state index contributed by atoms with van der Waals surface area (Å²) in [6.07, 6.45) is 1.60. The van der Waals surface area contributed by atoms with Crippen LogP contribution in [-0.2, 0) is 11.4 Å². The van der Waals surface area contributed by atoms with E-state index in [1.165, 1.54) is 0 Å². The number of halogens is 1. The number of hydrogen-bond acceptors (Lipinski definition) is 2. The monoisotopic (exact) mass is 183 g/mol. The number of rotatable bonds is 3. The van der Waals surface area contributed by atoms with Crippen molar-refractivity contribution in [3.05, 3.63) is 34.9 Å². The summed E-state index contributed by atoms with van der Waals surface area (Å²) in [6.45, 7) is 2.27. The lowest BCUT2D eigenvalue weighted by Gasteiger charge is -1.98. The third-order valence-electron chi connectivity index (χ3n) is 1.30. The van der Waals surface area contributed by atoms with Crippen molar-refractivity contribution in [3.8, 4) is 0 Å². The Labute approximate surface area is 76.8 Å². The predicted octanol–water partition coefficient (Wildman–Crippen LogP) is 2.86. The Hall–Kier alpha value is -1.02. The van der Waals surface area contributed by atoms with Gasteiger partial charge in [-0.05, 0) is 24.6 Å². The van der Waals surface area contributed by atoms with Gasteiger partial charge in [-0.3, -0.25) is 0 Å². The van der Waals surface area contributed by atoms with E-state index in [0.29, 0.717) is 6.61 Å². The molecule has 3 heteroatoms. The van der Waals surface area contributed by atoms with Gasteiger partial charge in [0.25, 0.3) is 0 Å². The van der Waals surface area contributed by atoms with Gasteiger partial charge in [-0.1, -0.05) is 28.9 Å². The minimum Gasteiger partial charge on any atom is -0.391 e. The Kier molecular flexibility index (Phi) is 3.61. The van der Waals surface area contributed by atoms with Crippen LogP contribution in [0.3, 0.4) is 0 Å². The Morgan fingerprint density at radius 3 is 3.08 bits per heavy atom. The van der Waals surface area contributed by atoms with Gasteiger partial charge >= 0.3 is 0 Å². The first-order chi connectivity index (χ1) is 5.83. The summed E-state index contributed by atoms with van der Waals surface area (Å²) < 4.78 is 0. The van der Waals surface area contributed by atoms with Crippen molar-refractivity contribution in [3.63, 3.8) is 0 Å². The quantitative estimate of drug-likeness (QED) is 0.522. The van der Waals surface area contributed by atoms with E-state index >= 15 is 0 Å². The molecule has 0 aromatic heterocycles. The van der Waals surface area contributed by atoms with Crippen LogP contribution in [0.5, 0.6) is 0 Å². The second-order valence-electron chi connectivity index (χ2n) is 2.27. The first-order valence-corrected chi connectivity index (χ1v) is 4.05. The van der Waals surface area contributed by atoms with Crippen LogP contribution in [0, 0.1) is 0 Å². The SMILES string of the molecule is CC=NOCc1cccc(Cl)c1. The molecule has 0 bridgehead atoms. The minimum atomic E-state index is 0.463. The third kappa shape index (κ3) is 2.93. The van der Waals surface area contributed by atoms with Crippen molar-refractivity contribution >= 4 is 17.8 Å². The van der Waals surface area contributed by atoms with E-state index < -0.39 is 0 Å². The molecular formula is C9H10ClNO. The second-order valence-corrected chi connectivity index (χ2v) is 2.70. The molecule has 0 saturated heterocycles. The van der Waals surface area contributed by atoms with E-state index in [0.717, 1.165) is 10.6 Å². The molecule has 0 heterocycles. The highest BCUT2D eigenvalue weighted by Gasteiger charge is 1.92. The Balaban J connectivity index is 2.52. The third-order valence-corrected chi connectivity index (χ3v) is 1.54. The molecule has 1 aromatic carbocycles. The molecule has 12 heavy (non-hydrogen) atoms. The molecule has 1 aromatic rings. The summed E-state index contributed by atoms with van der Waals surface area (Å²) in [5.41, 5.74) is 1.02. The molecule has 0 spiro atoms. The van der Waals surface area contributed by atoms with Gasteiger partial charge in [-0.15, -0.1) is 0 Å². The Bertz CT molecular complexity index is 273. The first-order valence-electron chi connectivity index (χ1n) is 3.67. The smallest absolute Gasteiger partial charge is 0.142 e. The van der Waals surface area contributed by atoms with Gasteiger partial charge in [0.15, 0.2) is 0 Å². The maximum absolute atomic E-state index is 5.76. The van der Waals surface area contributed by atoms with Crippen molar-refractivity contribution in [1.29, 1.82) is 0 Å². The van der Waals surface area contributed by atoms with Crippen LogP contribution in [0.25, 0.3) is 0 Å². The molecule has 0 saturated carbocycles. The number of nitrogens with zero attached hydrogens (tertiary/aromatic N) is 1. The summed E-state index contributed by atoms with van der Waals surface area (Å²) in [5.74, 6) is 0. The molecular weight excluding hydrogens is 174 g/mol. The van der Waals surface area contributed by atoms with Crippen LogP contribution in [0.1, 0.15) is 12.5 Å². The van der Waals surface area contributed by atoms with E-state index in [1.54, 1.807) is 13.1 Å². The highest BCUT2D eigenvalue weighted by atomic mass is 35.5. The molecule has 1 rings (SSSR count). The standard InChI is InChI=1S/C9H10ClNO/c1-2-11-12-7-8-4-3-5-9(10)6-8/h2-6H,7H2,1H3. The molecule has 0 aliphatic rings. The molecule has 0 fully saturated rings. The molecule has 0 N–H and O–H groups in total. The van der Waals surface area contributed by atoms with Crippen LogP contribution in [0.15, 0.2) is 29.4 Å². The fourth-order valence-electron chi connectivity index (χ4n) is 0.813. The average Bonchev–Trinajstić information content (AvgIpc) is 2.05. The lowest BCUT2D eigenvalue weighted by molar-refractivity contribution is 0.132. The Morgan fingerprint density at radius 1 is 1.58 bits per heavy atom. The highest BCUT2D eigenvalue weighted by molar-refractivity contribution is 6.30. The van der Waals surface area contributed by atoms with Crippen molar-refractivity contribution < 1.29 is 4.84 Å². The molecule has 0 atom stereocenters. The predicted molar refractivity (Wildman–Crippen MR) is 50.4 cm³/mol. The summed E-state index contributed by atoms with van der Waals surface area (Å²) in [6, 6.07) is 7.51. The summed E-state index contributed by atoms with van der Waals surface area (Å²) in [5, 5.41) is 4.35. The average molecular weight is 184 g/mol. The van der Waals surface area contributed by atoms with E-state index in [2.05, 4.69) is 5.16 Å². The zero-order valence-corrected chi connectivity index (χ0v) is 7.58. The maximum Gasteiger partial charge on any atom is 0.142 e. The molecule has 0 aliphatic carbocycles. The number of hydrogen-bond donors (Lipinski definition) is 0. The van der Waals surface area contributed by atoms with Crippen molar-refractivity contribution in [2.45, 2.75) is 13.5 Å². The van der Waals surface area contributed by atoms with E-state index in [1.807, 2.05) is 24.3 Å². The van der Waals surface area contributed by atoms with Gasteiger partial charge in [-0.2, -0.15) is 0 Å². The zero-order valence-electron chi connectivity index (χ0n) is 6.83. The molecule has 0 radical (unpaired) electrons. The fourth-order valence-corrected chi connectivity index (χ4v) is 1.03. The number of benzene rings is 1. The van der Waals surface area contributed by atoms with Crippen molar-refractivity contribution in [1.82, 2.24) is 0 Å². The Morgan fingerprint density at radius 2 is 2.42 bits per heavy atom. The minimum absolute atomic E-state index is 0.463. The van der Waals surface area contributed by atoms with E-state index in [4.69, 9.17) is 16.4 Å². The molecule has 64 valence electrons. The van der Waals surface area contributed by atoms with Crippen LogP contribution in [-0.4, -0.2) is 6.21 Å². The van der Waals surface area contributed by atoms with Crippen LogP contribution >= 0.6 is 11.6 Å². The van der Waals surface area contributed by atoms with Gasteiger partial charge in [-0.25, -0.2) is 0 Å². The summed E-state index contributed by atoms with van der Waals surface area (Å²) >= 11 is 5.76. The highest BCUT2D eigenvalue weighted by Crippen LogP contribution is 2.11. The first kappa shape index (κ1) is 9.07. The molecule has 0 aliphatic heterocycles. The topological polar surface area (TPSA) is 21.6 Å².